The van der Waals surface area contributed by atoms with Gasteiger partial charge in [0, 0.05) is 69.4 Å². The third-order valence-corrected chi connectivity index (χ3v) is 13.7. The first-order chi connectivity index (χ1) is 38.2. The van der Waals surface area contributed by atoms with Crippen LogP contribution in [-0.2, 0) is 0 Å². The summed E-state index contributed by atoms with van der Waals surface area (Å²) < 4.78 is 18.4. The molecule has 0 heterocycles. The van der Waals surface area contributed by atoms with E-state index < -0.39 is 0 Å². The Morgan fingerprint density at radius 2 is 0.487 bits per heavy atom. The van der Waals surface area contributed by atoms with E-state index in [1.165, 1.54) is 16.7 Å². The molecule has 0 bridgehead atoms. The number of rotatable bonds is 21. The van der Waals surface area contributed by atoms with Crippen LogP contribution in [0.3, 0.4) is 0 Å². The van der Waals surface area contributed by atoms with Crippen LogP contribution in [0.4, 0.5) is 51.2 Å². The van der Waals surface area contributed by atoms with Gasteiger partial charge in [-0.15, -0.1) is 0 Å². The van der Waals surface area contributed by atoms with Crippen LogP contribution in [0.5, 0.6) is 17.2 Å². The zero-order valence-electron chi connectivity index (χ0n) is 45.8. The maximum atomic E-state index is 6.13. The number of ether oxygens (including phenoxy) is 3. The highest BCUT2D eigenvalue weighted by molar-refractivity contribution is 5.86. The number of nitrogens with zero attached hydrogens (tertiary/aromatic N) is 3. The fraction of sp³-hybridized carbons (Fsp3) is 0.167. The lowest BCUT2D eigenvalue weighted by Crippen LogP contribution is -2.10. The highest BCUT2D eigenvalue weighted by atomic mass is 16.5. The Hall–Kier alpha value is -9.00. The first kappa shape index (κ1) is 52.4. The third-order valence-electron chi connectivity index (χ3n) is 13.7. The van der Waals surface area contributed by atoms with Crippen LogP contribution in [-0.4, -0.2) is 19.8 Å². The van der Waals surface area contributed by atoms with Gasteiger partial charge >= 0.3 is 0 Å². The summed E-state index contributed by atoms with van der Waals surface area (Å²) in [7, 11) is 0. The van der Waals surface area contributed by atoms with E-state index in [1.807, 2.05) is 18.2 Å². The van der Waals surface area contributed by atoms with Gasteiger partial charge in [0.05, 0.1) is 19.8 Å². The van der Waals surface area contributed by atoms with Crippen molar-refractivity contribution >= 4 is 51.2 Å². The third kappa shape index (κ3) is 12.5. The second-order valence-electron chi connectivity index (χ2n) is 20.0. The van der Waals surface area contributed by atoms with Gasteiger partial charge in [-0.2, -0.15) is 0 Å². The second kappa shape index (κ2) is 24.8. The maximum absolute atomic E-state index is 6.13. The average molecular weight is 1020 g/mol. The Morgan fingerprint density at radius 1 is 0.244 bits per heavy atom. The lowest BCUT2D eigenvalue weighted by molar-refractivity contribution is 0.317. The van der Waals surface area contributed by atoms with Crippen molar-refractivity contribution in [2.75, 3.05) is 34.5 Å². The summed E-state index contributed by atoms with van der Waals surface area (Å²) in [6.45, 7) is 14.8. The van der Waals surface area contributed by atoms with Gasteiger partial charge in [0.2, 0.25) is 0 Å². The van der Waals surface area contributed by atoms with E-state index in [4.69, 9.17) is 14.2 Å². The fourth-order valence-electron chi connectivity index (χ4n) is 9.98. The molecule has 10 rings (SSSR count). The molecule has 0 aliphatic carbocycles. The SMILES string of the molecule is CCCOc1cccc(N(c2ccc(-c3cc(-c4ccc(N(c5cccc(C)c5)c5cccc(OCCC)c5)cc4)cc(-c4ccc(N(c5cccc(C)c5)c5cccc(OCCC)c5)cc4)c3)cc2)c2cccc(C)c2)c1. The smallest absolute Gasteiger partial charge is 0.121 e. The molecule has 0 atom stereocenters. The molecule has 0 spiro atoms. The van der Waals surface area contributed by atoms with E-state index in [9.17, 15) is 0 Å². The maximum Gasteiger partial charge on any atom is 0.121 e. The molecule has 0 amide bonds. The Morgan fingerprint density at radius 3 is 0.731 bits per heavy atom. The van der Waals surface area contributed by atoms with Gasteiger partial charge in [0.25, 0.3) is 0 Å². The monoisotopic (exact) mass is 1020 g/mol. The average Bonchev–Trinajstić information content (AvgIpc) is 3.50. The molecule has 10 aromatic rings. The first-order valence-electron chi connectivity index (χ1n) is 27.5. The topological polar surface area (TPSA) is 37.4 Å². The lowest BCUT2D eigenvalue weighted by atomic mass is 9.93. The number of anilines is 9. The highest BCUT2D eigenvalue weighted by Gasteiger charge is 2.19. The van der Waals surface area contributed by atoms with E-state index in [2.05, 4.69) is 275 Å². The predicted molar refractivity (Wildman–Crippen MR) is 328 cm³/mol. The van der Waals surface area contributed by atoms with Crippen LogP contribution >= 0.6 is 0 Å². The summed E-state index contributed by atoms with van der Waals surface area (Å²) >= 11 is 0. The molecule has 0 fully saturated rings. The number of hydrogen-bond acceptors (Lipinski definition) is 6. The van der Waals surface area contributed by atoms with Crippen molar-refractivity contribution in [1.29, 1.82) is 0 Å². The minimum absolute atomic E-state index is 0.669. The minimum atomic E-state index is 0.669. The van der Waals surface area contributed by atoms with E-state index in [-0.39, 0.29) is 0 Å². The summed E-state index contributed by atoms with van der Waals surface area (Å²) in [4.78, 5) is 6.93. The molecule has 0 aliphatic heterocycles. The molecule has 0 saturated carbocycles. The summed E-state index contributed by atoms with van der Waals surface area (Å²) in [6, 6.07) is 85.1. The molecule has 0 saturated heterocycles. The Kier molecular flexibility index (Phi) is 16.7. The number of aryl methyl sites for hydroxylation is 3. The number of benzene rings is 10. The van der Waals surface area contributed by atoms with E-state index in [1.54, 1.807) is 0 Å². The molecule has 390 valence electrons. The molecule has 0 radical (unpaired) electrons. The van der Waals surface area contributed by atoms with E-state index in [0.29, 0.717) is 19.8 Å². The fourth-order valence-corrected chi connectivity index (χ4v) is 9.98. The summed E-state index contributed by atoms with van der Waals surface area (Å²) in [5.41, 5.74) is 19.8. The zero-order valence-corrected chi connectivity index (χ0v) is 45.8. The van der Waals surface area contributed by atoms with Crippen molar-refractivity contribution in [3.05, 3.63) is 253 Å². The summed E-state index contributed by atoms with van der Waals surface area (Å²) in [6.07, 6.45) is 2.84. The van der Waals surface area contributed by atoms with Crippen molar-refractivity contribution in [1.82, 2.24) is 0 Å². The quantitative estimate of drug-likeness (QED) is 0.0714. The van der Waals surface area contributed by atoms with E-state index in [0.717, 1.165) is 121 Å². The highest BCUT2D eigenvalue weighted by Crippen LogP contribution is 2.43. The van der Waals surface area contributed by atoms with Crippen LogP contribution in [0.2, 0.25) is 0 Å². The predicted octanol–water partition coefficient (Wildman–Crippen LogP) is 20.4. The largest absolute Gasteiger partial charge is 0.494 e. The molecule has 78 heavy (non-hydrogen) atoms. The standard InChI is InChI=1S/C72H69N3O3/c1-7-40-76-70-25-13-22-67(49-70)73(64-19-10-16-52(4)43-64)61-34-28-55(29-35-61)58-46-59(56-30-36-62(37-31-56)74(65-20-11-17-53(5)44-65)68-23-14-26-71(50-68)77-41-8-2)48-60(47-58)57-32-38-63(39-33-57)75(66-21-12-18-54(6)45-66)69-24-15-27-72(51-69)78-42-9-3/h10-39,43-51H,7-9,40-42H2,1-6H3. The van der Waals surface area contributed by atoms with Crippen LogP contribution in [0.1, 0.15) is 56.7 Å². The minimum Gasteiger partial charge on any atom is -0.494 e. The van der Waals surface area contributed by atoms with Crippen LogP contribution in [0.15, 0.2) is 237 Å². The molecular formula is C72H69N3O3. The molecule has 0 aromatic heterocycles. The summed E-state index contributed by atoms with van der Waals surface area (Å²) in [5.74, 6) is 2.58. The Labute approximate surface area is 462 Å². The van der Waals surface area contributed by atoms with Gasteiger partial charge in [-0.25, -0.2) is 0 Å². The molecule has 0 N–H and O–H groups in total. The summed E-state index contributed by atoms with van der Waals surface area (Å²) in [5, 5.41) is 0. The molecular weight excluding hydrogens is 955 g/mol. The van der Waals surface area contributed by atoms with Crippen molar-refractivity contribution in [2.45, 2.75) is 60.8 Å². The van der Waals surface area contributed by atoms with Gasteiger partial charge in [-0.1, -0.05) is 112 Å². The van der Waals surface area contributed by atoms with Crippen molar-refractivity contribution < 1.29 is 14.2 Å². The Bertz CT molecular complexity index is 3200. The van der Waals surface area contributed by atoms with Gasteiger partial charge in [-0.3, -0.25) is 0 Å². The van der Waals surface area contributed by atoms with Gasteiger partial charge in [0.15, 0.2) is 0 Å². The van der Waals surface area contributed by atoms with Crippen molar-refractivity contribution in [3.63, 3.8) is 0 Å². The van der Waals surface area contributed by atoms with Crippen molar-refractivity contribution in [3.8, 4) is 50.6 Å². The van der Waals surface area contributed by atoms with Gasteiger partial charge in [0.1, 0.15) is 17.2 Å². The van der Waals surface area contributed by atoms with Crippen LogP contribution in [0.25, 0.3) is 33.4 Å². The van der Waals surface area contributed by atoms with Crippen LogP contribution in [0, 0.1) is 20.8 Å². The van der Waals surface area contributed by atoms with E-state index >= 15 is 0 Å². The molecule has 6 nitrogen and oxygen atoms in total. The van der Waals surface area contributed by atoms with Gasteiger partial charge in [-0.05, 0) is 217 Å². The van der Waals surface area contributed by atoms with Gasteiger partial charge < -0.3 is 28.9 Å². The first-order valence-corrected chi connectivity index (χ1v) is 27.5. The number of hydrogen-bond donors (Lipinski definition) is 0. The lowest BCUT2D eigenvalue weighted by Gasteiger charge is -2.27. The molecule has 6 heteroatoms. The normalized spacial score (nSPS) is 11.0. The molecule has 0 aliphatic rings. The van der Waals surface area contributed by atoms with Crippen LogP contribution < -0.4 is 28.9 Å². The Balaban J connectivity index is 1.06. The van der Waals surface area contributed by atoms with Crippen molar-refractivity contribution in [2.24, 2.45) is 0 Å². The molecule has 10 aromatic carbocycles. The molecule has 0 unspecified atom stereocenters. The second-order valence-corrected chi connectivity index (χ2v) is 20.0. The zero-order chi connectivity index (χ0) is 53.8.